The number of rotatable bonds is 3. The van der Waals surface area contributed by atoms with Crippen molar-refractivity contribution < 1.29 is 14.3 Å². The Kier molecular flexibility index (Phi) is 3.24. The van der Waals surface area contributed by atoms with Gasteiger partial charge in [0.25, 0.3) is 5.82 Å². The van der Waals surface area contributed by atoms with Crippen molar-refractivity contribution in [2.45, 2.75) is 13.0 Å². The predicted molar refractivity (Wildman–Crippen MR) is 70.6 cm³/mol. The van der Waals surface area contributed by atoms with Crippen LogP contribution in [0.1, 0.15) is 29.5 Å². The van der Waals surface area contributed by atoms with Crippen LogP contribution < -0.4 is 10.1 Å². The van der Waals surface area contributed by atoms with Gasteiger partial charge < -0.3 is 14.8 Å². The van der Waals surface area contributed by atoms with Gasteiger partial charge in [0.2, 0.25) is 0 Å². The topological polar surface area (TPSA) is 89.1 Å². The van der Waals surface area contributed by atoms with Gasteiger partial charge in [-0.05, 0) is 19.1 Å². The summed E-state index contributed by atoms with van der Waals surface area (Å²) in [4.78, 5) is 15.6. The number of anilines is 1. The van der Waals surface area contributed by atoms with Crippen LogP contribution in [0.2, 0.25) is 0 Å². The maximum absolute atomic E-state index is 11.5. The minimum atomic E-state index is -0.542. The third kappa shape index (κ3) is 2.29. The summed E-state index contributed by atoms with van der Waals surface area (Å²) < 4.78 is 10.7. The minimum absolute atomic E-state index is 0.0179. The first-order valence-corrected chi connectivity index (χ1v) is 6.37. The van der Waals surface area contributed by atoms with Gasteiger partial charge in [-0.15, -0.1) is 5.10 Å². The van der Waals surface area contributed by atoms with Gasteiger partial charge in [0, 0.05) is 0 Å². The van der Waals surface area contributed by atoms with Crippen LogP contribution in [0.15, 0.2) is 24.3 Å². The summed E-state index contributed by atoms with van der Waals surface area (Å²) in [5.41, 5.74) is 0.939. The molecule has 2 heterocycles. The van der Waals surface area contributed by atoms with E-state index in [-0.39, 0.29) is 18.5 Å². The van der Waals surface area contributed by atoms with E-state index in [2.05, 4.69) is 20.5 Å². The number of para-hydroxylation sites is 2. The third-order valence-corrected chi connectivity index (χ3v) is 2.90. The van der Waals surface area contributed by atoms with E-state index in [1.807, 2.05) is 24.3 Å². The Morgan fingerprint density at radius 1 is 1.50 bits per heavy atom. The van der Waals surface area contributed by atoms with Gasteiger partial charge in [0.15, 0.2) is 11.9 Å². The molecule has 20 heavy (non-hydrogen) atoms. The Bertz CT molecular complexity index is 626. The Labute approximate surface area is 115 Å². The molecule has 7 heteroatoms. The summed E-state index contributed by atoms with van der Waals surface area (Å²) in [5, 5.41) is 9.81. The fourth-order valence-electron chi connectivity index (χ4n) is 1.97. The number of hydrogen-bond donors (Lipinski definition) is 2. The second kappa shape index (κ2) is 5.20. The molecule has 7 nitrogen and oxygen atoms in total. The first kappa shape index (κ1) is 12.5. The molecule has 1 unspecified atom stereocenters. The van der Waals surface area contributed by atoms with Gasteiger partial charge in [0.1, 0.15) is 5.75 Å². The lowest BCUT2D eigenvalue weighted by atomic mass is 10.2. The molecule has 0 bridgehead atoms. The van der Waals surface area contributed by atoms with Gasteiger partial charge in [-0.2, -0.15) is 0 Å². The molecule has 0 fully saturated rings. The van der Waals surface area contributed by atoms with Crippen LogP contribution >= 0.6 is 0 Å². The van der Waals surface area contributed by atoms with E-state index in [9.17, 15) is 4.79 Å². The molecule has 3 rings (SSSR count). The van der Waals surface area contributed by atoms with Crippen molar-refractivity contribution in [1.29, 1.82) is 0 Å². The number of nitrogens with zero attached hydrogens (tertiary/aromatic N) is 2. The number of aromatic nitrogens is 3. The van der Waals surface area contributed by atoms with Crippen molar-refractivity contribution in [3.8, 4) is 5.75 Å². The number of benzene rings is 1. The Hall–Kier alpha value is -2.57. The van der Waals surface area contributed by atoms with E-state index in [0.717, 1.165) is 11.4 Å². The van der Waals surface area contributed by atoms with Gasteiger partial charge >= 0.3 is 5.97 Å². The van der Waals surface area contributed by atoms with E-state index in [4.69, 9.17) is 9.47 Å². The molecule has 0 radical (unpaired) electrons. The molecule has 1 atom stereocenters. The lowest BCUT2D eigenvalue weighted by molar-refractivity contribution is 0.0512. The number of H-pyrrole nitrogens is 1. The fraction of sp³-hybridized carbons (Fsp3) is 0.308. The van der Waals surface area contributed by atoms with Crippen LogP contribution in [0.5, 0.6) is 5.75 Å². The van der Waals surface area contributed by atoms with E-state index in [0.29, 0.717) is 12.4 Å². The summed E-state index contributed by atoms with van der Waals surface area (Å²) in [6.45, 7) is 2.57. The van der Waals surface area contributed by atoms with E-state index >= 15 is 0 Å². The van der Waals surface area contributed by atoms with Gasteiger partial charge in [-0.1, -0.05) is 12.1 Å². The van der Waals surface area contributed by atoms with Crippen LogP contribution in [0.25, 0.3) is 0 Å². The average Bonchev–Trinajstić information content (AvgIpc) is 2.97. The number of aromatic amines is 1. The van der Waals surface area contributed by atoms with Crippen molar-refractivity contribution in [1.82, 2.24) is 15.2 Å². The van der Waals surface area contributed by atoms with Crippen molar-refractivity contribution >= 4 is 11.7 Å². The molecule has 104 valence electrons. The monoisotopic (exact) mass is 274 g/mol. The molecule has 2 aromatic rings. The van der Waals surface area contributed by atoms with Crippen LogP contribution in [0.4, 0.5) is 5.69 Å². The highest BCUT2D eigenvalue weighted by Crippen LogP contribution is 2.32. The maximum atomic E-state index is 11.5. The van der Waals surface area contributed by atoms with E-state index in [1.165, 1.54) is 0 Å². The predicted octanol–water partition coefficient (Wildman–Crippen LogP) is 1.53. The maximum Gasteiger partial charge on any atom is 0.378 e. The Morgan fingerprint density at radius 2 is 2.35 bits per heavy atom. The quantitative estimate of drug-likeness (QED) is 0.825. The zero-order chi connectivity index (χ0) is 13.9. The molecular formula is C13H14N4O3. The molecular weight excluding hydrogens is 260 g/mol. The number of nitrogens with one attached hydrogen (secondary N) is 2. The molecule has 1 aromatic carbocycles. The van der Waals surface area contributed by atoms with E-state index in [1.54, 1.807) is 6.92 Å². The lowest BCUT2D eigenvalue weighted by Crippen LogP contribution is -2.24. The van der Waals surface area contributed by atoms with Crippen LogP contribution in [0.3, 0.4) is 0 Å². The zero-order valence-electron chi connectivity index (χ0n) is 10.9. The lowest BCUT2D eigenvalue weighted by Gasteiger charge is -2.25. The molecule has 1 aliphatic rings. The molecule has 0 spiro atoms. The minimum Gasteiger partial charge on any atom is -0.478 e. The average molecular weight is 274 g/mol. The highest BCUT2D eigenvalue weighted by Gasteiger charge is 2.25. The highest BCUT2D eigenvalue weighted by molar-refractivity contribution is 5.84. The smallest absolute Gasteiger partial charge is 0.378 e. The number of carbonyl (C=O) groups excluding carboxylic acids is 1. The molecule has 0 saturated heterocycles. The second-order valence-electron chi connectivity index (χ2n) is 4.25. The van der Waals surface area contributed by atoms with Crippen molar-refractivity contribution in [3.05, 3.63) is 35.9 Å². The molecule has 0 aliphatic carbocycles. The summed E-state index contributed by atoms with van der Waals surface area (Å²) in [5.74, 6) is 0.719. The first-order valence-electron chi connectivity index (χ1n) is 6.37. The van der Waals surface area contributed by atoms with Gasteiger partial charge in [0.05, 0.1) is 18.8 Å². The zero-order valence-corrected chi connectivity index (χ0v) is 10.9. The molecule has 1 aliphatic heterocycles. The summed E-state index contributed by atoms with van der Waals surface area (Å²) in [6.07, 6.45) is -0.319. The van der Waals surface area contributed by atoms with Gasteiger partial charge in [-0.25, -0.2) is 9.78 Å². The summed E-state index contributed by atoms with van der Waals surface area (Å²) >= 11 is 0. The standard InChI is InChI=1S/C13H14N4O3/c1-2-19-13(18)12-15-11(16-17-12)10-7-14-8-5-3-4-6-9(8)20-10/h3-6,10,14H,2,7H2,1H3,(H,15,16,17). The van der Waals surface area contributed by atoms with Crippen molar-refractivity contribution in [2.75, 3.05) is 18.5 Å². The molecule has 1 aromatic heterocycles. The number of fused-ring (bicyclic) bond motifs is 1. The molecule has 2 N–H and O–H groups in total. The highest BCUT2D eigenvalue weighted by atomic mass is 16.5. The first-order chi connectivity index (χ1) is 9.78. The SMILES string of the molecule is CCOC(=O)c1n[nH]c(C2CNc3ccccc3O2)n1. The van der Waals surface area contributed by atoms with Crippen LogP contribution in [-0.4, -0.2) is 34.3 Å². The number of hydrogen-bond acceptors (Lipinski definition) is 6. The molecule has 0 amide bonds. The normalized spacial score (nSPS) is 16.8. The Balaban J connectivity index is 1.77. The molecule has 0 saturated carbocycles. The summed E-state index contributed by atoms with van der Waals surface area (Å²) in [7, 11) is 0. The summed E-state index contributed by atoms with van der Waals surface area (Å²) in [6, 6.07) is 7.64. The number of carbonyl (C=O) groups is 1. The van der Waals surface area contributed by atoms with Gasteiger partial charge in [-0.3, -0.25) is 5.10 Å². The van der Waals surface area contributed by atoms with Crippen LogP contribution in [0, 0.1) is 0 Å². The van der Waals surface area contributed by atoms with E-state index < -0.39 is 5.97 Å². The third-order valence-electron chi connectivity index (χ3n) is 2.90. The van der Waals surface area contributed by atoms with Crippen molar-refractivity contribution in [2.24, 2.45) is 0 Å². The number of esters is 1. The number of ether oxygens (including phenoxy) is 2. The second-order valence-corrected chi connectivity index (χ2v) is 4.25. The van der Waals surface area contributed by atoms with Crippen molar-refractivity contribution in [3.63, 3.8) is 0 Å². The Morgan fingerprint density at radius 3 is 3.20 bits per heavy atom. The fourth-order valence-corrected chi connectivity index (χ4v) is 1.97. The van der Waals surface area contributed by atoms with Crippen LogP contribution in [-0.2, 0) is 4.74 Å². The largest absolute Gasteiger partial charge is 0.478 e.